The molecule has 150 valence electrons. The maximum atomic E-state index is 12.6. The van der Waals surface area contributed by atoms with Crippen molar-refractivity contribution in [3.05, 3.63) is 41.1 Å². The van der Waals surface area contributed by atoms with Gasteiger partial charge < -0.3 is 14.8 Å². The van der Waals surface area contributed by atoms with Gasteiger partial charge in [0, 0.05) is 5.75 Å². The molecule has 2 aliphatic heterocycles. The summed E-state index contributed by atoms with van der Waals surface area (Å²) in [7, 11) is 0. The zero-order valence-corrected chi connectivity index (χ0v) is 17.3. The summed E-state index contributed by atoms with van der Waals surface area (Å²) in [6.07, 6.45) is 0. The van der Waals surface area contributed by atoms with Crippen molar-refractivity contribution in [3.8, 4) is 5.75 Å². The topological polar surface area (TPSA) is 84.9 Å². The largest absolute Gasteiger partial charge is 0.484 e. The molecule has 9 heteroatoms. The Hall–Kier alpha value is -2.19. The lowest BCUT2D eigenvalue weighted by atomic mass is 10.0. The van der Waals surface area contributed by atoms with Crippen molar-refractivity contribution in [2.75, 3.05) is 12.4 Å². The zero-order valence-electron chi connectivity index (χ0n) is 15.7. The van der Waals surface area contributed by atoms with Crippen LogP contribution in [0.4, 0.5) is 0 Å². The molecule has 0 radical (unpaired) electrons. The highest BCUT2D eigenvalue weighted by molar-refractivity contribution is 8.00. The standard InChI is InChI=1S/C19H21ClN2O5S/c1-19(2,3)27-18(25)15-12(20)10-28-17-14(16(24)22(15)17)21-13(23)9-26-11-7-5-4-6-8-11/h4-8,14,17H,9-10H2,1-3H3,(H,21,23)/t14?,17-/m0/s1. The Kier molecular flexibility index (Phi) is 5.90. The first kappa shape index (κ1) is 20.5. The average molecular weight is 425 g/mol. The van der Waals surface area contributed by atoms with E-state index in [-0.39, 0.29) is 17.3 Å². The van der Waals surface area contributed by atoms with E-state index in [9.17, 15) is 14.4 Å². The molecular weight excluding hydrogens is 404 g/mol. The van der Waals surface area contributed by atoms with E-state index in [0.717, 1.165) is 0 Å². The Morgan fingerprint density at radius 3 is 2.61 bits per heavy atom. The first-order valence-corrected chi connectivity index (χ1v) is 10.1. The Balaban J connectivity index is 1.61. The van der Waals surface area contributed by atoms with Gasteiger partial charge in [0.15, 0.2) is 6.61 Å². The lowest BCUT2D eigenvalue weighted by molar-refractivity contribution is -0.159. The molecule has 1 unspecified atom stereocenters. The summed E-state index contributed by atoms with van der Waals surface area (Å²) in [6, 6.07) is 8.18. The van der Waals surface area contributed by atoms with Crippen molar-refractivity contribution in [2.24, 2.45) is 0 Å². The van der Waals surface area contributed by atoms with E-state index in [1.165, 1.54) is 16.7 Å². The SMILES string of the molecule is CC(C)(C)OC(=O)C1=C(Cl)CS[C@H]2C(NC(=O)COc3ccccc3)C(=O)N12. The minimum absolute atomic E-state index is 0.0522. The molecule has 1 N–H and O–H groups in total. The number of hydrogen-bond donors (Lipinski definition) is 1. The molecule has 0 aliphatic carbocycles. The van der Waals surface area contributed by atoms with Crippen LogP contribution in [0.2, 0.25) is 0 Å². The fourth-order valence-corrected chi connectivity index (χ4v) is 4.33. The minimum atomic E-state index is -0.737. The third-order valence-electron chi connectivity index (χ3n) is 3.94. The Morgan fingerprint density at radius 1 is 1.29 bits per heavy atom. The van der Waals surface area contributed by atoms with E-state index in [0.29, 0.717) is 11.5 Å². The number of carbonyl (C=O) groups is 3. The van der Waals surface area contributed by atoms with Gasteiger partial charge in [-0.1, -0.05) is 29.8 Å². The van der Waals surface area contributed by atoms with E-state index < -0.39 is 34.8 Å². The van der Waals surface area contributed by atoms with Gasteiger partial charge in [0.05, 0.1) is 5.03 Å². The number of nitrogens with one attached hydrogen (secondary N) is 1. The second-order valence-corrected chi connectivity index (χ2v) is 8.87. The smallest absolute Gasteiger partial charge is 0.356 e. The van der Waals surface area contributed by atoms with Crippen LogP contribution in [-0.2, 0) is 19.1 Å². The van der Waals surface area contributed by atoms with Crippen molar-refractivity contribution in [2.45, 2.75) is 37.8 Å². The number of β-lactam (4-membered cyclic amide) rings is 1. The van der Waals surface area contributed by atoms with Crippen LogP contribution in [0.3, 0.4) is 0 Å². The van der Waals surface area contributed by atoms with Gasteiger partial charge in [-0.25, -0.2) is 4.79 Å². The van der Waals surface area contributed by atoms with Gasteiger partial charge in [-0.15, -0.1) is 11.8 Å². The number of amides is 2. The van der Waals surface area contributed by atoms with Gasteiger partial charge in [0.1, 0.15) is 28.5 Å². The molecule has 2 heterocycles. The van der Waals surface area contributed by atoms with Crippen LogP contribution in [0.1, 0.15) is 20.8 Å². The van der Waals surface area contributed by atoms with Crippen LogP contribution in [0.5, 0.6) is 5.75 Å². The fraction of sp³-hybridized carbons (Fsp3) is 0.421. The number of nitrogens with zero attached hydrogens (tertiary/aromatic N) is 1. The molecule has 0 spiro atoms. The molecule has 2 aliphatic rings. The summed E-state index contributed by atoms with van der Waals surface area (Å²) in [5, 5.41) is 2.52. The molecule has 2 atom stereocenters. The second-order valence-electron chi connectivity index (χ2n) is 7.31. The molecule has 1 aromatic carbocycles. The molecule has 0 saturated carbocycles. The molecular formula is C19H21ClN2O5S. The van der Waals surface area contributed by atoms with Crippen molar-refractivity contribution in [3.63, 3.8) is 0 Å². The van der Waals surface area contributed by atoms with Crippen LogP contribution >= 0.6 is 23.4 Å². The Bertz CT molecular complexity index is 821. The molecule has 0 aromatic heterocycles. The van der Waals surface area contributed by atoms with Crippen LogP contribution in [-0.4, -0.2) is 52.1 Å². The number of thioether (sulfide) groups is 1. The monoisotopic (exact) mass is 424 g/mol. The average Bonchev–Trinajstić information content (AvgIpc) is 2.63. The summed E-state index contributed by atoms with van der Waals surface area (Å²) in [4.78, 5) is 38.5. The highest BCUT2D eigenvalue weighted by Gasteiger charge is 2.54. The molecule has 28 heavy (non-hydrogen) atoms. The van der Waals surface area contributed by atoms with E-state index in [4.69, 9.17) is 21.1 Å². The molecule has 7 nitrogen and oxygen atoms in total. The number of benzene rings is 1. The molecule has 2 amide bonds. The minimum Gasteiger partial charge on any atom is -0.484 e. The number of halogens is 1. The van der Waals surface area contributed by atoms with Crippen LogP contribution < -0.4 is 10.1 Å². The molecule has 1 saturated heterocycles. The van der Waals surface area contributed by atoms with Gasteiger partial charge in [0.2, 0.25) is 0 Å². The number of ether oxygens (including phenoxy) is 2. The van der Waals surface area contributed by atoms with Crippen molar-refractivity contribution < 1.29 is 23.9 Å². The summed E-state index contributed by atoms with van der Waals surface area (Å²) >= 11 is 7.57. The number of fused-ring (bicyclic) bond motifs is 1. The highest BCUT2D eigenvalue weighted by atomic mass is 35.5. The molecule has 0 bridgehead atoms. The van der Waals surface area contributed by atoms with Gasteiger partial charge >= 0.3 is 5.97 Å². The van der Waals surface area contributed by atoms with Crippen molar-refractivity contribution >= 4 is 41.1 Å². The highest BCUT2D eigenvalue weighted by Crippen LogP contribution is 2.42. The molecule has 1 fully saturated rings. The van der Waals surface area contributed by atoms with E-state index in [1.54, 1.807) is 45.0 Å². The van der Waals surface area contributed by atoms with Gasteiger partial charge in [-0.2, -0.15) is 0 Å². The van der Waals surface area contributed by atoms with E-state index >= 15 is 0 Å². The molecule has 1 aromatic rings. The molecule has 3 rings (SSSR count). The van der Waals surface area contributed by atoms with Gasteiger partial charge in [-0.3, -0.25) is 14.5 Å². The van der Waals surface area contributed by atoms with Crippen molar-refractivity contribution in [1.29, 1.82) is 0 Å². The zero-order chi connectivity index (χ0) is 20.5. The second kappa shape index (κ2) is 8.05. The Morgan fingerprint density at radius 2 is 1.96 bits per heavy atom. The quantitative estimate of drug-likeness (QED) is 0.576. The van der Waals surface area contributed by atoms with Crippen LogP contribution in [0.25, 0.3) is 0 Å². The third-order valence-corrected chi connectivity index (χ3v) is 5.69. The number of carbonyl (C=O) groups excluding carboxylic acids is 3. The van der Waals surface area contributed by atoms with E-state index in [1.807, 2.05) is 6.07 Å². The summed E-state index contributed by atoms with van der Waals surface area (Å²) < 4.78 is 10.8. The first-order valence-electron chi connectivity index (χ1n) is 8.71. The predicted octanol–water partition coefficient (Wildman–Crippen LogP) is 2.26. The lowest BCUT2D eigenvalue weighted by Crippen LogP contribution is -2.70. The van der Waals surface area contributed by atoms with Crippen LogP contribution in [0.15, 0.2) is 41.1 Å². The third kappa shape index (κ3) is 4.44. The maximum absolute atomic E-state index is 12.6. The summed E-state index contributed by atoms with van der Waals surface area (Å²) in [6.45, 7) is 5.01. The number of hydrogen-bond acceptors (Lipinski definition) is 6. The van der Waals surface area contributed by atoms with Crippen LogP contribution in [0, 0.1) is 0 Å². The number of esters is 1. The fourth-order valence-electron chi connectivity index (χ4n) is 2.78. The summed E-state index contributed by atoms with van der Waals surface area (Å²) in [5.41, 5.74) is -0.658. The van der Waals surface area contributed by atoms with Crippen molar-refractivity contribution in [1.82, 2.24) is 10.2 Å². The maximum Gasteiger partial charge on any atom is 0.356 e. The van der Waals surface area contributed by atoms with E-state index in [2.05, 4.69) is 5.32 Å². The van der Waals surface area contributed by atoms with Gasteiger partial charge in [0.25, 0.3) is 11.8 Å². The Labute approximate surface area is 172 Å². The number of para-hydroxylation sites is 1. The predicted molar refractivity (Wildman–Crippen MR) is 106 cm³/mol. The number of rotatable bonds is 5. The van der Waals surface area contributed by atoms with Gasteiger partial charge in [-0.05, 0) is 32.9 Å². The lowest BCUT2D eigenvalue weighted by Gasteiger charge is -2.49. The first-order chi connectivity index (χ1) is 13.2. The normalized spacial score (nSPS) is 21.6. The summed E-state index contributed by atoms with van der Waals surface area (Å²) in [5.74, 6) is -0.537.